The fourth-order valence-electron chi connectivity index (χ4n) is 2.41. The van der Waals surface area contributed by atoms with E-state index in [-0.39, 0.29) is 0 Å². The van der Waals surface area contributed by atoms with Crippen LogP contribution < -0.4 is 9.47 Å². The van der Waals surface area contributed by atoms with Gasteiger partial charge in [0.25, 0.3) is 0 Å². The molecule has 0 radical (unpaired) electrons. The van der Waals surface area contributed by atoms with Crippen LogP contribution in [0.1, 0.15) is 5.56 Å². The third kappa shape index (κ3) is 2.04. The van der Waals surface area contributed by atoms with Crippen LogP contribution in [-0.2, 0) is 11.3 Å². The van der Waals surface area contributed by atoms with Gasteiger partial charge in [-0.2, -0.15) is 0 Å². The molecule has 2 aliphatic rings. The van der Waals surface area contributed by atoms with Crippen LogP contribution in [0.3, 0.4) is 0 Å². The molecule has 3 rings (SSSR count). The van der Waals surface area contributed by atoms with Crippen LogP contribution in [0.5, 0.6) is 11.5 Å². The third-order valence-corrected chi connectivity index (χ3v) is 3.45. The molecule has 0 aliphatic carbocycles. The van der Waals surface area contributed by atoms with Gasteiger partial charge in [0.15, 0.2) is 0 Å². The van der Waals surface area contributed by atoms with E-state index in [9.17, 15) is 0 Å². The highest BCUT2D eigenvalue weighted by Gasteiger charge is 2.29. The fraction of sp³-hybridized carbons (Fsp3) is 0.429. The molecule has 0 spiro atoms. The summed E-state index contributed by atoms with van der Waals surface area (Å²) in [5, 5.41) is 0. The number of morpholine rings is 1. The minimum atomic E-state index is 0.300. The summed E-state index contributed by atoms with van der Waals surface area (Å²) in [7, 11) is 1.68. The maximum absolute atomic E-state index is 5.85. The normalized spacial score (nSPS) is 23.2. The van der Waals surface area contributed by atoms with E-state index in [0.29, 0.717) is 19.3 Å². The Bertz CT molecular complexity index is 472. The molecule has 2 aliphatic heterocycles. The van der Waals surface area contributed by atoms with Gasteiger partial charge in [-0.25, -0.2) is 0 Å². The fourth-order valence-corrected chi connectivity index (χ4v) is 2.41. The number of rotatable bonds is 1. The number of nitrogens with zero attached hydrogens (tertiary/aromatic N) is 1. The van der Waals surface area contributed by atoms with Crippen LogP contribution in [-0.4, -0.2) is 37.8 Å². The average molecular weight is 247 g/mol. The van der Waals surface area contributed by atoms with E-state index >= 15 is 0 Å². The molecule has 96 valence electrons. The molecule has 1 unspecified atom stereocenters. The first-order chi connectivity index (χ1) is 8.76. The zero-order valence-electron chi connectivity index (χ0n) is 10.5. The molecule has 1 fully saturated rings. The summed E-state index contributed by atoms with van der Waals surface area (Å²) in [5.74, 6) is 2.64. The Labute approximate surface area is 107 Å². The van der Waals surface area contributed by atoms with E-state index in [1.807, 2.05) is 18.2 Å². The Morgan fingerprint density at radius 3 is 2.94 bits per heavy atom. The van der Waals surface area contributed by atoms with Crippen molar-refractivity contribution in [1.29, 1.82) is 0 Å². The van der Waals surface area contributed by atoms with Crippen molar-refractivity contribution in [3.05, 3.63) is 36.1 Å². The van der Waals surface area contributed by atoms with Gasteiger partial charge in [-0.05, 0) is 18.2 Å². The molecule has 1 saturated heterocycles. The number of benzene rings is 1. The lowest BCUT2D eigenvalue weighted by Crippen LogP contribution is -2.45. The molecule has 4 heteroatoms. The van der Waals surface area contributed by atoms with Crippen molar-refractivity contribution in [2.45, 2.75) is 12.6 Å². The van der Waals surface area contributed by atoms with Crippen molar-refractivity contribution in [1.82, 2.24) is 4.90 Å². The molecule has 1 atom stereocenters. The topological polar surface area (TPSA) is 30.9 Å². The van der Waals surface area contributed by atoms with Crippen molar-refractivity contribution in [2.75, 3.05) is 26.9 Å². The lowest BCUT2D eigenvalue weighted by Gasteiger charge is -2.34. The Balaban J connectivity index is 1.88. The second-order valence-corrected chi connectivity index (χ2v) is 4.69. The summed E-state index contributed by atoms with van der Waals surface area (Å²) in [6.45, 7) is 6.83. The number of fused-ring (bicyclic) bond motifs is 2. The van der Waals surface area contributed by atoms with Gasteiger partial charge in [0, 0.05) is 12.1 Å². The summed E-state index contributed by atoms with van der Waals surface area (Å²) in [5.41, 5.74) is 1.16. The van der Waals surface area contributed by atoms with E-state index in [0.717, 1.165) is 35.9 Å². The number of ether oxygens (including phenoxy) is 3. The SMILES string of the molecule is C=C1CN2Cc3cc(OC)ccc3OCC2CO1. The Kier molecular flexibility index (Phi) is 2.88. The molecule has 18 heavy (non-hydrogen) atoms. The predicted molar refractivity (Wildman–Crippen MR) is 67.8 cm³/mol. The van der Waals surface area contributed by atoms with Gasteiger partial charge in [-0.1, -0.05) is 6.58 Å². The first-order valence-corrected chi connectivity index (χ1v) is 6.10. The largest absolute Gasteiger partial charge is 0.497 e. The van der Waals surface area contributed by atoms with Crippen molar-refractivity contribution in [2.24, 2.45) is 0 Å². The zero-order chi connectivity index (χ0) is 12.5. The van der Waals surface area contributed by atoms with E-state index < -0.39 is 0 Å². The molecular formula is C14H17NO3. The van der Waals surface area contributed by atoms with Crippen LogP contribution in [0, 0.1) is 0 Å². The van der Waals surface area contributed by atoms with Crippen LogP contribution >= 0.6 is 0 Å². The van der Waals surface area contributed by atoms with Crippen molar-refractivity contribution in [3.63, 3.8) is 0 Å². The summed E-state index contributed by atoms with van der Waals surface area (Å²) >= 11 is 0. The highest BCUT2D eigenvalue weighted by atomic mass is 16.5. The molecule has 1 aromatic rings. The molecule has 0 saturated carbocycles. The number of methoxy groups -OCH3 is 1. The third-order valence-electron chi connectivity index (χ3n) is 3.45. The molecule has 0 aromatic heterocycles. The Morgan fingerprint density at radius 2 is 2.11 bits per heavy atom. The first-order valence-electron chi connectivity index (χ1n) is 6.10. The van der Waals surface area contributed by atoms with Gasteiger partial charge in [-0.15, -0.1) is 0 Å². The maximum atomic E-state index is 5.85. The summed E-state index contributed by atoms with van der Waals surface area (Å²) in [4.78, 5) is 2.34. The molecular weight excluding hydrogens is 230 g/mol. The standard InChI is InChI=1S/C14H17NO3/c1-10-6-15-7-11-5-13(16-2)3-4-14(11)18-9-12(15)8-17-10/h3-5,12H,1,6-9H2,2H3. The number of hydrogen-bond donors (Lipinski definition) is 0. The minimum Gasteiger partial charge on any atom is -0.497 e. The smallest absolute Gasteiger partial charge is 0.124 e. The quantitative estimate of drug-likeness (QED) is 0.757. The maximum Gasteiger partial charge on any atom is 0.124 e. The minimum absolute atomic E-state index is 0.300. The molecule has 4 nitrogen and oxygen atoms in total. The van der Waals surface area contributed by atoms with Gasteiger partial charge in [0.05, 0.1) is 19.7 Å². The second kappa shape index (κ2) is 4.53. The molecule has 2 heterocycles. The van der Waals surface area contributed by atoms with E-state index in [4.69, 9.17) is 14.2 Å². The zero-order valence-corrected chi connectivity index (χ0v) is 10.5. The van der Waals surface area contributed by atoms with Gasteiger partial charge in [-0.3, -0.25) is 4.90 Å². The predicted octanol–water partition coefficient (Wildman–Crippen LogP) is 1.80. The van der Waals surface area contributed by atoms with Crippen molar-refractivity contribution < 1.29 is 14.2 Å². The Hall–Kier alpha value is -1.68. The monoisotopic (exact) mass is 247 g/mol. The van der Waals surface area contributed by atoms with Crippen molar-refractivity contribution >= 4 is 0 Å². The van der Waals surface area contributed by atoms with Crippen LogP contribution in [0.4, 0.5) is 0 Å². The molecule has 1 aromatic carbocycles. The summed E-state index contributed by atoms with van der Waals surface area (Å²) in [6.07, 6.45) is 0. The van der Waals surface area contributed by atoms with Crippen molar-refractivity contribution in [3.8, 4) is 11.5 Å². The summed E-state index contributed by atoms with van der Waals surface area (Å²) in [6, 6.07) is 6.24. The van der Waals surface area contributed by atoms with E-state index in [1.165, 1.54) is 0 Å². The Morgan fingerprint density at radius 1 is 1.28 bits per heavy atom. The average Bonchev–Trinajstić information content (AvgIpc) is 2.56. The van der Waals surface area contributed by atoms with Crippen LogP contribution in [0.15, 0.2) is 30.5 Å². The van der Waals surface area contributed by atoms with Gasteiger partial charge < -0.3 is 14.2 Å². The van der Waals surface area contributed by atoms with E-state index in [1.54, 1.807) is 7.11 Å². The van der Waals surface area contributed by atoms with Gasteiger partial charge in [0.1, 0.15) is 30.5 Å². The molecule has 0 amide bonds. The van der Waals surface area contributed by atoms with Gasteiger partial charge >= 0.3 is 0 Å². The first kappa shape index (κ1) is 11.4. The molecule has 0 N–H and O–H groups in total. The van der Waals surface area contributed by atoms with Crippen LogP contribution in [0.25, 0.3) is 0 Å². The number of hydrogen-bond acceptors (Lipinski definition) is 4. The van der Waals surface area contributed by atoms with Gasteiger partial charge in [0.2, 0.25) is 0 Å². The van der Waals surface area contributed by atoms with E-state index in [2.05, 4.69) is 11.5 Å². The lowest BCUT2D eigenvalue weighted by molar-refractivity contribution is 0.0213. The summed E-state index contributed by atoms with van der Waals surface area (Å²) < 4.78 is 16.6. The second-order valence-electron chi connectivity index (χ2n) is 4.69. The molecule has 0 bridgehead atoms. The lowest BCUT2D eigenvalue weighted by atomic mass is 10.1. The highest BCUT2D eigenvalue weighted by molar-refractivity contribution is 5.41. The highest BCUT2D eigenvalue weighted by Crippen LogP contribution is 2.30. The van der Waals surface area contributed by atoms with Crippen LogP contribution in [0.2, 0.25) is 0 Å².